The number of piperidine rings is 3. The Bertz CT molecular complexity index is 903. The van der Waals surface area contributed by atoms with E-state index in [0.717, 1.165) is 69.7 Å². The van der Waals surface area contributed by atoms with E-state index in [1.54, 1.807) is 4.90 Å². The molecule has 2 N–H and O–H groups in total. The van der Waals surface area contributed by atoms with Crippen LogP contribution in [0.15, 0.2) is 18.2 Å². The summed E-state index contributed by atoms with van der Waals surface area (Å²) in [6, 6.07) is 5.30. The summed E-state index contributed by atoms with van der Waals surface area (Å²) in [6.07, 6.45) is 4.53. The molecule has 3 amide bonds. The Morgan fingerprint density at radius 3 is 2.44 bits per heavy atom. The highest BCUT2D eigenvalue weighted by atomic mass is 16.3. The van der Waals surface area contributed by atoms with Gasteiger partial charge in [0, 0.05) is 62.5 Å². The minimum absolute atomic E-state index is 0.112. The number of imide groups is 1. The number of carbonyl (C=O) groups is 3. The van der Waals surface area contributed by atoms with Crippen LogP contribution in [-0.4, -0.2) is 77.5 Å². The van der Waals surface area contributed by atoms with E-state index in [2.05, 4.69) is 21.2 Å². The van der Waals surface area contributed by atoms with Gasteiger partial charge in [-0.2, -0.15) is 0 Å². The van der Waals surface area contributed by atoms with Crippen LogP contribution in [0.4, 0.5) is 5.69 Å². The SMILES string of the molecule is O=C1CCC(N2Cc3c(cccc3N3CCC(CN4CCC(O)CC4)CC3)C2=O)C(=O)N1. The van der Waals surface area contributed by atoms with E-state index < -0.39 is 6.04 Å². The van der Waals surface area contributed by atoms with Crippen molar-refractivity contribution in [3.05, 3.63) is 29.3 Å². The van der Waals surface area contributed by atoms with Gasteiger partial charge < -0.3 is 19.8 Å². The van der Waals surface area contributed by atoms with Crippen LogP contribution in [0.3, 0.4) is 0 Å². The maximum absolute atomic E-state index is 13.1. The van der Waals surface area contributed by atoms with Gasteiger partial charge in [-0.25, -0.2) is 0 Å². The summed E-state index contributed by atoms with van der Waals surface area (Å²) in [5, 5.41) is 12.1. The van der Waals surface area contributed by atoms with Gasteiger partial charge in [-0.15, -0.1) is 0 Å². The van der Waals surface area contributed by atoms with Gasteiger partial charge >= 0.3 is 0 Å². The second-order valence-corrected chi connectivity index (χ2v) is 9.67. The number of rotatable bonds is 4. The second-order valence-electron chi connectivity index (χ2n) is 9.67. The third-order valence-corrected chi connectivity index (χ3v) is 7.59. The van der Waals surface area contributed by atoms with E-state index in [9.17, 15) is 19.5 Å². The Morgan fingerprint density at radius 2 is 1.72 bits per heavy atom. The number of carbonyl (C=O) groups excluding carboxylic acids is 3. The Balaban J connectivity index is 1.23. The van der Waals surface area contributed by atoms with Crippen LogP contribution >= 0.6 is 0 Å². The van der Waals surface area contributed by atoms with Crippen LogP contribution in [0.25, 0.3) is 0 Å². The molecule has 8 nitrogen and oxygen atoms in total. The highest BCUT2D eigenvalue weighted by Gasteiger charge is 2.40. The van der Waals surface area contributed by atoms with E-state index in [0.29, 0.717) is 24.4 Å². The number of aliphatic hydroxyl groups excluding tert-OH is 1. The molecule has 0 radical (unpaired) electrons. The summed E-state index contributed by atoms with van der Waals surface area (Å²) in [5.74, 6) is -0.0759. The fourth-order valence-electron chi connectivity index (χ4n) is 5.69. The van der Waals surface area contributed by atoms with Gasteiger partial charge in [-0.05, 0) is 50.2 Å². The Labute approximate surface area is 188 Å². The lowest BCUT2D eigenvalue weighted by Crippen LogP contribution is -2.52. The standard InChI is InChI=1S/C24H32N4O4/c29-17-8-10-26(11-9-17)14-16-6-12-27(13-7-16)20-3-1-2-18-19(20)15-28(24(18)32)21-4-5-22(30)25-23(21)31/h1-3,16-17,21,29H,4-15H2,(H,25,30,31). The first-order chi connectivity index (χ1) is 15.5. The summed E-state index contributed by atoms with van der Waals surface area (Å²) in [6.45, 7) is 5.44. The molecule has 0 aliphatic carbocycles. The number of amides is 3. The first-order valence-corrected chi connectivity index (χ1v) is 11.9. The number of nitrogens with one attached hydrogen (secondary N) is 1. The molecule has 0 bridgehead atoms. The largest absolute Gasteiger partial charge is 0.393 e. The first-order valence-electron chi connectivity index (χ1n) is 11.9. The van der Waals surface area contributed by atoms with E-state index in [4.69, 9.17) is 0 Å². The van der Waals surface area contributed by atoms with Gasteiger partial charge in [-0.1, -0.05) is 6.07 Å². The summed E-state index contributed by atoms with van der Waals surface area (Å²) < 4.78 is 0. The van der Waals surface area contributed by atoms with Crippen molar-refractivity contribution >= 4 is 23.4 Å². The lowest BCUT2D eigenvalue weighted by atomic mass is 9.94. The average molecular weight is 441 g/mol. The Hall–Kier alpha value is -2.45. The summed E-state index contributed by atoms with van der Waals surface area (Å²) in [7, 11) is 0. The number of aliphatic hydroxyl groups is 1. The lowest BCUT2D eigenvalue weighted by molar-refractivity contribution is -0.136. The number of likely N-dealkylation sites (tertiary alicyclic amines) is 1. The van der Waals surface area contributed by atoms with Gasteiger partial charge in [0.25, 0.3) is 5.91 Å². The molecular weight excluding hydrogens is 408 g/mol. The highest BCUT2D eigenvalue weighted by molar-refractivity contribution is 6.06. The lowest BCUT2D eigenvalue weighted by Gasteiger charge is -2.38. The topological polar surface area (TPSA) is 93.2 Å². The summed E-state index contributed by atoms with van der Waals surface area (Å²) in [5.41, 5.74) is 2.79. The zero-order valence-electron chi connectivity index (χ0n) is 18.5. The molecule has 4 aliphatic heterocycles. The van der Waals surface area contributed by atoms with Gasteiger partial charge in [0.05, 0.1) is 6.10 Å². The van der Waals surface area contributed by atoms with Crippen molar-refractivity contribution in [1.82, 2.24) is 15.1 Å². The van der Waals surface area contributed by atoms with Crippen LogP contribution in [-0.2, 0) is 16.1 Å². The quantitative estimate of drug-likeness (QED) is 0.682. The second kappa shape index (κ2) is 8.83. The fraction of sp³-hybridized carbons (Fsp3) is 0.625. The van der Waals surface area contributed by atoms with Crippen molar-refractivity contribution in [2.24, 2.45) is 5.92 Å². The molecule has 1 aromatic rings. The van der Waals surface area contributed by atoms with Crippen LogP contribution in [0, 0.1) is 5.92 Å². The molecule has 8 heteroatoms. The molecule has 0 aromatic heterocycles. The average Bonchev–Trinajstić information content (AvgIpc) is 3.12. The van der Waals surface area contributed by atoms with Crippen molar-refractivity contribution in [1.29, 1.82) is 0 Å². The van der Waals surface area contributed by atoms with Crippen molar-refractivity contribution < 1.29 is 19.5 Å². The van der Waals surface area contributed by atoms with Crippen molar-refractivity contribution in [2.75, 3.05) is 37.6 Å². The third kappa shape index (κ3) is 4.13. The molecular formula is C24H32N4O4. The maximum atomic E-state index is 13.1. The third-order valence-electron chi connectivity index (χ3n) is 7.59. The van der Waals surface area contributed by atoms with E-state index in [1.165, 1.54) is 0 Å². The van der Waals surface area contributed by atoms with E-state index in [1.807, 2.05) is 12.1 Å². The monoisotopic (exact) mass is 440 g/mol. The van der Waals surface area contributed by atoms with Crippen molar-refractivity contribution in [2.45, 2.75) is 57.2 Å². The zero-order chi connectivity index (χ0) is 22.2. The first kappa shape index (κ1) is 21.4. The van der Waals surface area contributed by atoms with Gasteiger partial charge in [0.1, 0.15) is 6.04 Å². The Morgan fingerprint density at radius 1 is 0.969 bits per heavy atom. The fourth-order valence-corrected chi connectivity index (χ4v) is 5.69. The molecule has 1 aromatic carbocycles. The zero-order valence-corrected chi connectivity index (χ0v) is 18.5. The molecule has 4 aliphatic rings. The molecule has 4 heterocycles. The number of benzene rings is 1. The smallest absolute Gasteiger partial charge is 0.255 e. The van der Waals surface area contributed by atoms with Gasteiger partial charge in [-0.3, -0.25) is 19.7 Å². The molecule has 0 spiro atoms. The molecule has 32 heavy (non-hydrogen) atoms. The molecule has 1 unspecified atom stereocenters. The summed E-state index contributed by atoms with van der Waals surface area (Å²) >= 11 is 0. The minimum Gasteiger partial charge on any atom is -0.393 e. The van der Waals surface area contributed by atoms with Crippen molar-refractivity contribution in [3.8, 4) is 0 Å². The predicted molar refractivity (Wildman–Crippen MR) is 119 cm³/mol. The normalized spacial score (nSPS) is 25.9. The van der Waals surface area contributed by atoms with Crippen LogP contribution in [0.1, 0.15) is 54.4 Å². The van der Waals surface area contributed by atoms with Crippen LogP contribution < -0.4 is 10.2 Å². The molecule has 172 valence electrons. The van der Waals surface area contributed by atoms with Crippen molar-refractivity contribution in [3.63, 3.8) is 0 Å². The molecule has 3 fully saturated rings. The number of hydrogen-bond donors (Lipinski definition) is 2. The molecule has 5 rings (SSSR count). The van der Waals surface area contributed by atoms with E-state index >= 15 is 0 Å². The number of hydrogen-bond acceptors (Lipinski definition) is 6. The molecule has 0 saturated carbocycles. The number of fused-ring (bicyclic) bond motifs is 1. The highest BCUT2D eigenvalue weighted by Crippen LogP contribution is 2.36. The summed E-state index contributed by atoms with van der Waals surface area (Å²) in [4.78, 5) is 43.4. The number of anilines is 1. The van der Waals surface area contributed by atoms with Gasteiger partial charge in [0.15, 0.2) is 0 Å². The Kier molecular flexibility index (Phi) is 5.90. The van der Waals surface area contributed by atoms with Gasteiger partial charge in [0.2, 0.25) is 11.8 Å². The predicted octanol–water partition coefficient (Wildman–Crippen LogP) is 1.12. The number of nitrogens with zero attached hydrogens (tertiary/aromatic N) is 3. The maximum Gasteiger partial charge on any atom is 0.255 e. The molecule has 3 saturated heterocycles. The minimum atomic E-state index is -0.575. The van der Waals surface area contributed by atoms with Crippen LogP contribution in [0.5, 0.6) is 0 Å². The molecule has 1 atom stereocenters. The van der Waals surface area contributed by atoms with E-state index in [-0.39, 0.29) is 30.2 Å². The van der Waals surface area contributed by atoms with Crippen LogP contribution in [0.2, 0.25) is 0 Å².